The molecule has 1 heterocycles. The van der Waals surface area contributed by atoms with E-state index in [1.165, 1.54) is 0 Å². The molecule has 0 N–H and O–H groups in total. The van der Waals surface area contributed by atoms with Crippen LogP contribution in [0.4, 0.5) is 0 Å². The third kappa shape index (κ3) is 3.45. The van der Waals surface area contributed by atoms with Crippen molar-refractivity contribution in [1.29, 1.82) is 5.26 Å². The van der Waals surface area contributed by atoms with Crippen molar-refractivity contribution in [1.82, 2.24) is 4.90 Å². The van der Waals surface area contributed by atoms with Gasteiger partial charge in [-0.15, -0.1) is 0 Å². The number of aliphatic imine (C=N–C) groups is 1. The Morgan fingerprint density at radius 3 is 2.52 bits per heavy atom. The number of nitrogens with zero attached hydrogens (tertiary/aromatic N) is 3. The first-order valence-electron chi connectivity index (χ1n) is 9.65. The number of halogens is 1. The molecule has 4 rings (SSSR count). The van der Waals surface area contributed by atoms with Gasteiger partial charge in [0.1, 0.15) is 11.4 Å². The number of nitriles is 1. The topological polar surface area (TPSA) is 73.5 Å². The van der Waals surface area contributed by atoms with Gasteiger partial charge in [0.05, 0.1) is 18.2 Å². The number of rotatable bonds is 4. The highest BCUT2D eigenvalue weighted by molar-refractivity contribution is 6.47. The summed E-state index contributed by atoms with van der Waals surface area (Å²) in [6, 6.07) is 14.1. The Balaban J connectivity index is 1.64. The zero-order chi connectivity index (χ0) is 20.6. The van der Waals surface area contributed by atoms with E-state index in [-0.39, 0.29) is 18.2 Å². The standard InChI is InChI=1S/C23H20ClN3O2/c1-15-12-18(8-9-19(15)24)20(28)14-27-22(29)21(26-23(27)10-2-3-11-23)17-6-4-16(13-25)5-7-17/h4-9,12H,2-3,10-11,14H2,1H3. The summed E-state index contributed by atoms with van der Waals surface area (Å²) in [7, 11) is 0. The quantitative estimate of drug-likeness (QED) is 0.711. The first kappa shape index (κ1) is 19.4. The molecule has 1 spiro atoms. The Hall–Kier alpha value is -2.97. The van der Waals surface area contributed by atoms with E-state index >= 15 is 0 Å². The summed E-state index contributed by atoms with van der Waals surface area (Å²) >= 11 is 6.07. The van der Waals surface area contributed by atoms with Crippen LogP contribution in [0.3, 0.4) is 0 Å². The molecule has 1 aliphatic carbocycles. The Kier molecular flexibility index (Phi) is 4.97. The van der Waals surface area contributed by atoms with Crippen molar-refractivity contribution in [3.63, 3.8) is 0 Å². The van der Waals surface area contributed by atoms with E-state index in [0.29, 0.717) is 27.4 Å². The summed E-state index contributed by atoms with van der Waals surface area (Å²) in [6.07, 6.45) is 3.46. The molecule has 0 radical (unpaired) electrons. The van der Waals surface area contributed by atoms with Crippen LogP contribution in [0.25, 0.3) is 0 Å². The van der Waals surface area contributed by atoms with Crippen LogP contribution in [0.1, 0.15) is 52.7 Å². The number of hydrogen-bond donors (Lipinski definition) is 0. The van der Waals surface area contributed by atoms with Gasteiger partial charge in [-0.3, -0.25) is 14.6 Å². The maximum absolute atomic E-state index is 13.3. The highest BCUT2D eigenvalue weighted by Crippen LogP contribution is 2.41. The number of carbonyl (C=O) groups excluding carboxylic acids is 2. The van der Waals surface area contributed by atoms with Crippen LogP contribution < -0.4 is 0 Å². The smallest absolute Gasteiger partial charge is 0.275 e. The number of ketones is 1. The van der Waals surface area contributed by atoms with Gasteiger partial charge in [0.15, 0.2) is 5.78 Å². The fraction of sp³-hybridized carbons (Fsp3) is 0.304. The second-order valence-corrected chi connectivity index (χ2v) is 8.02. The Morgan fingerprint density at radius 1 is 1.21 bits per heavy atom. The highest BCUT2D eigenvalue weighted by Gasteiger charge is 2.49. The zero-order valence-electron chi connectivity index (χ0n) is 16.1. The van der Waals surface area contributed by atoms with Crippen molar-refractivity contribution in [2.75, 3.05) is 6.54 Å². The largest absolute Gasteiger partial charge is 0.305 e. The fourth-order valence-electron chi connectivity index (χ4n) is 4.12. The van der Waals surface area contributed by atoms with Crippen LogP contribution in [0, 0.1) is 18.3 Å². The number of hydrogen-bond acceptors (Lipinski definition) is 4. The van der Waals surface area contributed by atoms with Crippen LogP contribution >= 0.6 is 11.6 Å². The first-order valence-corrected chi connectivity index (χ1v) is 10.0. The third-order valence-electron chi connectivity index (χ3n) is 5.74. The van der Waals surface area contributed by atoms with Crippen molar-refractivity contribution in [2.45, 2.75) is 38.3 Å². The van der Waals surface area contributed by atoms with E-state index in [4.69, 9.17) is 21.9 Å². The predicted octanol–water partition coefficient (Wildman–Crippen LogP) is 4.30. The summed E-state index contributed by atoms with van der Waals surface area (Å²) in [6.45, 7) is 1.84. The van der Waals surface area contributed by atoms with E-state index in [1.807, 2.05) is 6.92 Å². The zero-order valence-corrected chi connectivity index (χ0v) is 16.9. The lowest BCUT2D eigenvalue weighted by molar-refractivity contribution is -0.127. The lowest BCUT2D eigenvalue weighted by atomic mass is 10.0. The van der Waals surface area contributed by atoms with Gasteiger partial charge < -0.3 is 4.90 Å². The van der Waals surface area contributed by atoms with Gasteiger partial charge in [0.25, 0.3) is 5.91 Å². The summed E-state index contributed by atoms with van der Waals surface area (Å²) < 4.78 is 0. The van der Waals surface area contributed by atoms with Crippen molar-refractivity contribution in [3.05, 3.63) is 69.7 Å². The lowest BCUT2D eigenvalue weighted by Crippen LogP contribution is -2.47. The molecular formula is C23H20ClN3O2. The number of amides is 1. The molecule has 1 fully saturated rings. The summed E-state index contributed by atoms with van der Waals surface area (Å²) in [4.78, 5) is 32.7. The van der Waals surface area contributed by atoms with Crippen molar-refractivity contribution in [3.8, 4) is 6.07 Å². The van der Waals surface area contributed by atoms with Gasteiger partial charge in [-0.2, -0.15) is 5.26 Å². The van der Waals surface area contributed by atoms with E-state index in [2.05, 4.69) is 6.07 Å². The number of carbonyl (C=O) groups is 2. The molecular weight excluding hydrogens is 386 g/mol. The minimum atomic E-state index is -0.641. The van der Waals surface area contributed by atoms with Crippen molar-refractivity contribution < 1.29 is 9.59 Å². The Bertz CT molecular complexity index is 1060. The van der Waals surface area contributed by atoms with Gasteiger partial charge in [0, 0.05) is 16.1 Å². The Labute approximate surface area is 174 Å². The molecule has 2 aromatic rings. The number of benzene rings is 2. The molecule has 29 heavy (non-hydrogen) atoms. The third-order valence-corrected chi connectivity index (χ3v) is 6.17. The highest BCUT2D eigenvalue weighted by atomic mass is 35.5. The van der Waals surface area contributed by atoms with Gasteiger partial charge in [-0.25, -0.2) is 0 Å². The fourth-order valence-corrected chi connectivity index (χ4v) is 4.24. The van der Waals surface area contributed by atoms with Crippen molar-refractivity contribution in [2.24, 2.45) is 4.99 Å². The molecule has 2 aromatic carbocycles. The second-order valence-electron chi connectivity index (χ2n) is 7.62. The van der Waals surface area contributed by atoms with Crippen LogP contribution in [0.2, 0.25) is 5.02 Å². The maximum atomic E-state index is 13.3. The molecule has 0 aromatic heterocycles. The second kappa shape index (κ2) is 7.46. The van der Waals surface area contributed by atoms with Gasteiger partial charge >= 0.3 is 0 Å². The summed E-state index contributed by atoms with van der Waals surface area (Å²) in [5.74, 6) is -0.351. The van der Waals surface area contributed by atoms with E-state index in [0.717, 1.165) is 31.2 Å². The minimum absolute atomic E-state index is 0.0107. The van der Waals surface area contributed by atoms with E-state index in [1.54, 1.807) is 47.4 Å². The first-order chi connectivity index (χ1) is 13.9. The molecule has 6 heteroatoms. The normalized spacial score (nSPS) is 17.5. The molecule has 1 amide bonds. The van der Waals surface area contributed by atoms with Crippen LogP contribution in [0.15, 0.2) is 47.5 Å². The molecule has 2 aliphatic rings. The van der Waals surface area contributed by atoms with Gasteiger partial charge in [-0.05, 0) is 68.5 Å². The summed E-state index contributed by atoms with van der Waals surface area (Å²) in [5, 5.41) is 9.61. The SMILES string of the molecule is Cc1cc(C(=O)CN2C(=O)C(c3ccc(C#N)cc3)=NC23CCCC3)ccc1Cl. The van der Waals surface area contributed by atoms with E-state index in [9.17, 15) is 9.59 Å². The lowest BCUT2D eigenvalue weighted by Gasteiger charge is -2.32. The molecule has 0 atom stereocenters. The minimum Gasteiger partial charge on any atom is -0.305 e. The Morgan fingerprint density at radius 2 is 1.90 bits per heavy atom. The van der Waals surface area contributed by atoms with Crippen LogP contribution in [0.5, 0.6) is 0 Å². The maximum Gasteiger partial charge on any atom is 0.275 e. The van der Waals surface area contributed by atoms with Crippen LogP contribution in [-0.2, 0) is 4.79 Å². The molecule has 146 valence electrons. The summed E-state index contributed by atoms with van der Waals surface area (Å²) in [5.41, 5.74) is 2.31. The van der Waals surface area contributed by atoms with Crippen LogP contribution in [-0.4, -0.2) is 34.5 Å². The van der Waals surface area contributed by atoms with Gasteiger partial charge in [0.2, 0.25) is 0 Å². The average molecular weight is 406 g/mol. The van der Waals surface area contributed by atoms with E-state index < -0.39 is 5.66 Å². The molecule has 0 unspecified atom stereocenters. The average Bonchev–Trinajstić information content (AvgIpc) is 3.30. The molecule has 1 saturated carbocycles. The number of aryl methyl sites for hydroxylation is 1. The van der Waals surface area contributed by atoms with Gasteiger partial charge in [-0.1, -0.05) is 23.7 Å². The molecule has 0 saturated heterocycles. The molecule has 0 bridgehead atoms. The predicted molar refractivity (Wildman–Crippen MR) is 111 cm³/mol. The monoisotopic (exact) mass is 405 g/mol. The molecule has 5 nitrogen and oxygen atoms in total. The van der Waals surface area contributed by atoms with Crippen molar-refractivity contribution >= 4 is 29.0 Å². The molecule has 1 aliphatic heterocycles. The number of Topliss-reactive ketones (excluding diaryl/α,β-unsaturated/α-hetero) is 1.